The molecule has 0 unspecified atom stereocenters. The van der Waals surface area contributed by atoms with Crippen molar-refractivity contribution in [2.75, 3.05) is 33.4 Å². The molecular formula is C22H28N4O5. The number of hydrogen-bond donors (Lipinski definition) is 0. The number of hydrogen-bond acceptors (Lipinski definition) is 5. The molecule has 0 spiro atoms. The summed E-state index contributed by atoms with van der Waals surface area (Å²) in [6, 6.07) is 8.11. The molecule has 9 heteroatoms. The van der Waals surface area contributed by atoms with E-state index in [1.807, 2.05) is 29.9 Å². The molecule has 1 aromatic carbocycles. The molecular weight excluding hydrogens is 400 g/mol. The van der Waals surface area contributed by atoms with Crippen LogP contribution in [0.5, 0.6) is 0 Å². The topological polar surface area (TPSA) is 97.9 Å². The third-order valence-electron chi connectivity index (χ3n) is 4.94. The zero-order chi connectivity index (χ0) is 23.0. The molecule has 1 heterocycles. The van der Waals surface area contributed by atoms with Crippen molar-refractivity contribution in [2.24, 2.45) is 7.05 Å². The average molecular weight is 428 g/mol. The highest BCUT2D eigenvalue weighted by Gasteiger charge is 2.24. The number of carbonyl (C=O) groups excluding carboxylic acids is 2. The minimum atomic E-state index is -0.526. The summed E-state index contributed by atoms with van der Waals surface area (Å²) in [5.74, 6) is -0.725. The van der Waals surface area contributed by atoms with Gasteiger partial charge in [0.25, 0.3) is 11.6 Å². The van der Waals surface area contributed by atoms with Crippen LogP contribution in [0.25, 0.3) is 0 Å². The molecule has 0 bridgehead atoms. The minimum Gasteiger partial charge on any atom is -0.383 e. The number of benzene rings is 1. The molecule has 0 aliphatic carbocycles. The summed E-state index contributed by atoms with van der Waals surface area (Å²) in [7, 11) is 3.45. The highest BCUT2D eigenvalue weighted by atomic mass is 16.6. The van der Waals surface area contributed by atoms with E-state index >= 15 is 0 Å². The second kappa shape index (κ2) is 11.1. The van der Waals surface area contributed by atoms with Crippen LogP contribution >= 0.6 is 0 Å². The molecule has 166 valence electrons. The van der Waals surface area contributed by atoms with Gasteiger partial charge in [-0.15, -0.1) is 6.58 Å². The third-order valence-corrected chi connectivity index (χ3v) is 4.94. The van der Waals surface area contributed by atoms with Gasteiger partial charge in [-0.1, -0.05) is 12.1 Å². The van der Waals surface area contributed by atoms with Gasteiger partial charge in [0.1, 0.15) is 6.54 Å². The van der Waals surface area contributed by atoms with E-state index in [4.69, 9.17) is 4.74 Å². The Morgan fingerprint density at radius 2 is 2.03 bits per heavy atom. The van der Waals surface area contributed by atoms with Gasteiger partial charge in [-0.05, 0) is 25.1 Å². The molecule has 0 atom stereocenters. The van der Waals surface area contributed by atoms with E-state index in [9.17, 15) is 19.7 Å². The number of nitro benzene ring substituents is 1. The summed E-state index contributed by atoms with van der Waals surface area (Å²) in [6.45, 7) is 6.32. The molecule has 31 heavy (non-hydrogen) atoms. The first-order valence-electron chi connectivity index (χ1n) is 9.80. The van der Waals surface area contributed by atoms with E-state index in [1.165, 1.54) is 29.2 Å². The molecule has 0 aliphatic rings. The summed E-state index contributed by atoms with van der Waals surface area (Å²) < 4.78 is 7.05. The monoisotopic (exact) mass is 428 g/mol. The van der Waals surface area contributed by atoms with E-state index < -0.39 is 10.8 Å². The Hall–Kier alpha value is -3.46. The normalized spacial score (nSPS) is 10.5. The lowest BCUT2D eigenvalue weighted by molar-refractivity contribution is -0.385. The van der Waals surface area contributed by atoms with Crippen LogP contribution in [0.3, 0.4) is 0 Å². The molecule has 0 radical (unpaired) electrons. The Morgan fingerprint density at radius 3 is 2.61 bits per heavy atom. The van der Waals surface area contributed by atoms with Crippen molar-refractivity contribution in [3.8, 4) is 0 Å². The molecule has 2 amide bonds. The largest absolute Gasteiger partial charge is 0.383 e. The van der Waals surface area contributed by atoms with Crippen molar-refractivity contribution in [1.29, 1.82) is 0 Å². The van der Waals surface area contributed by atoms with Crippen LogP contribution in [0.1, 0.15) is 21.6 Å². The summed E-state index contributed by atoms with van der Waals surface area (Å²) in [5.41, 5.74) is 1.42. The van der Waals surface area contributed by atoms with Crippen molar-refractivity contribution in [2.45, 2.75) is 13.5 Å². The Kier molecular flexibility index (Phi) is 8.51. The standard InChI is InChI=1S/C22H28N4O5/c1-5-10-25(22(28)18-9-8-17(2)20(14-18)26(29)30)16-21(27)24(12-13-31-4)15-19-7-6-11-23(19)3/h5-9,11,14H,1,10,12-13,15-16H2,2-4H3. The lowest BCUT2D eigenvalue weighted by atomic mass is 10.1. The molecule has 0 aliphatic heterocycles. The Bertz CT molecular complexity index is 953. The zero-order valence-electron chi connectivity index (χ0n) is 18.1. The Labute approximate surface area is 181 Å². The van der Waals surface area contributed by atoms with Crippen molar-refractivity contribution >= 4 is 17.5 Å². The fraction of sp³-hybridized carbons (Fsp3) is 0.364. The number of aromatic nitrogens is 1. The van der Waals surface area contributed by atoms with E-state index in [-0.39, 0.29) is 30.2 Å². The maximum absolute atomic E-state index is 13.1. The summed E-state index contributed by atoms with van der Waals surface area (Å²) in [6.07, 6.45) is 3.41. The van der Waals surface area contributed by atoms with E-state index in [0.717, 1.165) is 5.69 Å². The lowest BCUT2D eigenvalue weighted by Crippen LogP contribution is -2.44. The van der Waals surface area contributed by atoms with Gasteiger partial charge in [-0.25, -0.2) is 0 Å². The van der Waals surface area contributed by atoms with Gasteiger partial charge >= 0.3 is 0 Å². The van der Waals surface area contributed by atoms with Gasteiger partial charge in [-0.2, -0.15) is 0 Å². The van der Waals surface area contributed by atoms with E-state index in [0.29, 0.717) is 25.3 Å². The van der Waals surface area contributed by atoms with Crippen molar-refractivity contribution < 1.29 is 19.2 Å². The van der Waals surface area contributed by atoms with Crippen LogP contribution in [0, 0.1) is 17.0 Å². The number of carbonyl (C=O) groups is 2. The number of nitro groups is 1. The number of nitrogens with zero attached hydrogens (tertiary/aromatic N) is 4. The summed E-state index contributed by atoms with van der Waals surface area (Å²) >= 11 is 0. The van der Waals surface area contributed by atoms with E-state index in [2.05, 4.69) is 6.58 Å². The molecule has 9 nitrogen and oxygen atoms in total. The van der Waals surface area contributed by atoms with Crippen molar-refractivity contribution in [3.05, 3.63) is 76.1 Å². The predicted octanol–water partition coefficient (Wildman–Crippen LogP) is 2.55. The molecule has 0 N–H and O–H groups in total. The predicted molar refractivity (Wildman–Crippen MR) is 117 cm³/mol. The summed E-state index contributed by atoms with van der Waals surface area (Å²) in [5, 5.41) is 11.2. The first-order chi connectivity index (χ1) is 14.8. The number of amides is 2. The van der Waals surface area contributed by atoms with Crippen LogP contribution in [0.2, 0.25) is 0 Å². The van der Waals surface area contributed by atoms with Gasteiger partial charge in [0.15, 0.2) is 0 Å². The minimum absolute atomic E-state index is 0.133. The fourth-order valence-electron chi connectivity index (χ4n) is 3.11. The van der Waals surface area contributed by atoms with Gasteiger partial charge < -0.3 is 19.1 Å². The van der Waals surface area contributed by atoms with Gasteiger partial charge in [-0.3, -0.25) is 19.7 Å². The maximum Gasteiger partial charge on any atom is 0.273 e. The SMILES string of the molecule is C=CCN(CC(=O)N(CCOC)Cc1cccn1C)C(=O)c1ccc(C)c([N+](=O)[O-])c1. The highest BCUT2D eigenvalue weighted by molar-refractivity contribution is 5.97. The Morgan fingerprint density at radius 1 is 1.29 bits per heavy atom. The van der Waals surface area contributed by atoms with Crippen LogP contribution < -0.4 is 0 Å². The smallest absolute Gasteiger partial charge is 0.273 e. The van der Waals surface area contributed by atoms with Crippen molar-refractivity contribution in [3.63, 3.8) is 0 Å². The third kappa shape index (κ3) is 6.26. The van der Waals surface area contributed by atoms with E-state index in [1.54, 1.807) is 18.9 Å². The lowest BCUT2D eigenvalue weighted by Gasteiger charge is -2.27. The van der Waals surface area contributed by atoms with Crippen molar-refractivity contribution in [1.82, 2.24) is 14.4 Å². The molecule has 1 aromatic heterocycles. The molecule has 0 fully saturated rings. The van der Waals surface area contributed by atoms with Crippen LogP contribution in [-0.4, -0.2) is 64.5 Å². The van der Waals surface area contributed by atoms with Gasteiger partial charge in [0.2, 0.25) is 5.91 Å². The highest BCUT2D eigenvalue weighted by Crippen LogP contribution is 2.20. The Balaban J connectivity index is 2.22. The quantitative estimate of drug-likeness (QED) is 0.311. The number of methoxy groups -OCH3 is 1. The second-order valence-electron chi connectivity index (χ2n) is 7.15. The zero-order valence-corrected chi connectivity index (χ0v) is 18.1. The molecule has 2 aromatic rings. The molecule has 2 rings (SSSR count). The van der Waals surface area contributed by atoms with Gasteiger partial charge in [0, 0.05) is 56.3 Å². The first-order valence-corrected chi connectivity index (χ1v) is 9.80. The number of ether oxygens (including phenoxy) is 1. The fourth-order valence-corrected chi connectivity index (χ4v) is 3.11. The number of aryl methyl sites for hydroxylation is 2. The summed E-state index contributed by atoms with van der Waals surface area (Å²) in [4.78, 5) is 39.7. The van der Waals surface area contributed by atoms with Crippen LogP contribution in [-0.2, 0) is 23.1 Å². The first kappa shape index (κ1) is 23.8. The second-order valence-corrected chi connectivity index (χ2v) is 7.15. The molecule has 0 saturated carbocycles. The van der Waals surface area contributed by atoms with Gasteiger partial charge in [0.05, 0.1) is 18.1 Å². The maximum atomic E-state index is 13.1. The average Bonchev–Trinajstić information content (AvgIpc) is 3.14. The van der Waals surface area contributed by atoms with Crippen LogP contribution in [0.4, 0.5) is 5.69 Å². The molecule has 0 saturated heterocycles. The van der Waals surface area contributed by atoms with Crippen LogP contribution in [0.15, 0.2) is 49.2 Å². The number of rotatable bonds is 11.